The van der Waals surface area contributed by atoms with E-state index in [0.29, 0.717) is 35.6 Å². The Morgan fingerprint density at radius 3 is 2.81 bits per heavy atom. The molecule has 0 bridgehead atoms. The van der Waals surface area contributed by atoms with E-state index in [0.717, 1.165) is 37.6 Å². The van der Waals surface area contributed by atoms with Gasteiger partial charge in [-0.25, -0.2) is 14.4 Å². The number of rotatable bonds is 4. The molecule has 1 fully saturated rings. The summed E-state index contributed by atoms with van der Waals surface area (Å²) in [6.45, 7) is 4.06. The summed E-state index contributed by atoms with van der Waals surface area (Å²) in [7, 11) is 2.04. The SMILES string of the molecule is Cc1cn(-c2ccc(Nc3ncc4c(n3)N(C)C(C3CCOCC3)CO4)cc2F)cn1.[HH]. The fourth-order valence-corrected chi connectivity index (χ4v) is 4.25. The van der Waals surface area contributed by atoms with Crippen LogP contribution >= 0.6 is 0 Å². The van der Waals surface area contributed by atoms with Crippen molar-refractivity contribution in [3.63, 3.8) is 0 Å². The largest absolute Gasteiger partial charge is 0.486 e. The third kappa shape index (κ3) is 3.93. The first-order valence-corrected chi connectivity index (χ1v) is 10.5. The van der Waals surface area contributed by atoms with Gasteiger partial charge in [-0.1, -0.05) is 0 Å². The van der Waals surface area contributed by atoms with Crippen molar-refractivity contribution in [2.24, 2.45) is 5.92 Å². The number of hydrogen-bond acceptors (Lipinski definition) is 7. The molecule has 4 heterocycles. The molecule has 1 saturated heterocycles. The number of imidazole rings is 1. The Morgan fingerprint density at radius 1 is 1.23 bits per heavy atom. The normalized spacial score (nSPS) is 19.1. The van der Waals surface area contributed by atoms with Crippen LogP contribution in [0.4, 0.5) is 21.8 Å². The van der Waals surface area contributed by atoms with Crippen molar-refractivity contribution < 1.29 is 15.3 Å². The molecule has 3 aromatic rings. The number of hydrogen-bond donors (Lipinski definition) is 1. The number of nitrogens with one attached hydrogen (secondary N) is 1. The van der Waals surface area contributed by atoms with E-state index in [-0.39, 0.29) is 13.3 Å². The van der Waals surface area contributed by atoms with Gasteiger partial charge in [0.25, 0.3) is 0 Å². The molecule has 8 nitrogen and oxygen atoms in total. The molecule has 0 radical (unpaired) electrons. The van der Waals surface area contributed by atoms with Crippen molar-refractivity contribution in [1.82, 2.24) is 19.5 Å². The van der Waals surface area contributed by atoms with E-state index in [1.165, 1.54) is 6.07 Å². The standard InChI is InChI=1S/C22H25FN6O2.H2/c1-14-11-29(13-25-14)18-4-3-16(9-17(18)23)26-22-24-10-20-21(27-22)28(2)19(12-31-20)15-5-7-30-8-6-15;/h3-4,9-11,13,15,19H,5-8,12H2,1-2H3,(H,24,26,27);1H. The van der Waals surface area contributed by atoms with Crippen LogP contribution in [0.3, 0.4) is 0 Å². The maximum atomic E-state index is 14.7. The predicted molar refractivity (Wildman–Crippen MR) is 117 cm³/mol. The van der Waals surface area contributed by atoms with Gasteiger partial charge in [0.05, 0.1) is 29.9 Å². The summed E-state index contributed by atoms with van der Waals surface area (Å²) < 4.78 is 27.8. The maximum Gasteiger partial charge on any atom is 0.229 e. The highest BCUT2D eigenvalue weighted by atomic mass is 19.1. The Hall–Kier alpha value is -3.20. The number of anilines is 3. The highest BCUT2D eigenvalue weighted by Gasteiger charge is 2.33. The van der Waals surface area contributed by atoms with E-state index >= 15 is 0 Å². The van der Waals surface area contributed by atoms with E-state index < -0.39 is 0 Å². The van der Waals surface area contributed by atoms with E-state index in [9.17, 15) is 4.39 Å². The molecule has 9 heteroatoms. The lowest BCUT2D eigenvalue weighted by atomic mass is 9.90. The molecule has 2 aliphatic heterocycles. The Morgan fingerprint density at radius 2 is 2.06 bits per heavy atom. The third-order valence-electron chi connectivity index (χ3n) is 5.98. The molecular formula is C22H27FN6O2. The van der Waals surface area contributed by atoms with E-state index in [1.807, 2.05) is 14.0 Å². The smallest absolute Gasteiger partial charge is 0.229 e. The van der Waals surface area contributed by atoms with Crippen molar-refractivity contribution in [1.29, 1.82) is 0 Å². The highest BCUT2D eigenvalue weighted by molar-refractivity contribution is 5.61. The van der Waals surface area contributed by atoms with Crippen LogP contribution in [0, 0.1) is 18.7 Å². The number of ether oxygens (including phenoxy) is 2. The zero-order valence-electron chi connectivity index (χ0n) is 17.6. The molecule has 1 aromatic carbocycles. The Bertz CT molecular complexity index is 1090. The Balaban J connectivity index is 0.00000245. The molecule has 0 saturated carbocycles. The van der Waals surface area contributed by atoms with E-state index in [4.69, 9.17) is 9.47 Å². The van der Waals surface area contributed by atoms with Crippen LogP contribution in [0.15, 0.2) is 36.9 Å². The topological polar surface area (TPSA) is 77.3 Å². The minimum Gasteiger partial charge on any atom is -0.486 e. The number of benzene rings is 1. The molecule has 164 valence electrons. The summed E-state index contributed by atoms with van der Waals surface area (Å²) >= 11 is 0. The van der Waals surface area contributed by atoms with Crippen molar-refractivity contribution >= 4 is 17.5 Å². The summed E-state index contributed by atoms with van der Waals surface area (Å²) in [5.74, 6) is 1.94. The first kappa shape index (κ1) is 19.7. The molecule has 2 aliphatic rings. The molecule has 31 heavy (non-hydrogen) atoms. The first-order valence-electron chi connectivity index (χ1n) is 10.5. The van der Waals surface area contributed by atoms with Gasteiger partial charge in [0.1, 0.15) is 12.4 Å². The number of aryl methyl sites for hydroxylation is 1. The highest BCUT2D eigenvalue weighted by Crippen LogP contribution is 2.35. The first-order chi connectivity index (χ1) is 15.1. The summed E-state index contributed by atoms with van der Waals surface area (Å²) in [6.07, 6.45) is 7.08. The van der Waals surface area contributed by atoms with Crippen molar-refractivity contribution in [3.05, 3.63) is 48.4 Å². The van der Waals surface area contributed by atoms with Crippen molar-refractivity contribution in [2.75, 3.05) is 37.1 Å². The quantitative estimate of drug-likeness (QED) is 0.681. The second-order valence-electron chi connectivity index (χ2n) is 8.03. The summed E-state index contributed by atoms with van der Waals surface area (Å²) in [4.78, 5) is 15.3. The number of fused-ring (bicyclic) bond motifs is 1. The van der Waals surface area contributed by atoms with Crippen LogP contribution in [0.2, 0.25) is 0 Å². The molecular weight excluding hydrogens is 399 g/mol. The summed E-state index contributed by atoms with van der Waals surface area (Å²) in [5.41, 5.74) is 1.83. The molecule has 1 N–H and O–H groups in total. The van der Waals surface area contributed by atoms with Crippen molar-refractivity contribution in [3.8, 4) is 11.4 Å². The van der Waals surface area contributed by atoms with Gasteiger partial charge >= 0.3 is 0 Å². The number of likely N-dealkylation sites (N-methyl/N-ethyl adjacent to an activating group) is 1. The third-order valence-corrected chi connectivity index (χ3v) is 5.98. The van der Waals surface area contributed by atoms with E-state index in [2.05, 4.69) is 25.2 Å². The number of aromatic nitrogens is 4. The summed E-state index contributed by atoms with van der Waals surface area (Å²) in [6, 6.07) is 5.17. The lowest BCUT2D eigenvalue weighted by Crippen LogP contribution is -2.47. The maximum absolute atomic E-state index is 14.7. The van der Waals surface area contributed by atoms with Gasteiger partial charge < -0.3 is 24.3 Å². The van der Waals surface area contributed by atoms with Crippen LogP contribution in [0.5, 0.6) is 5.75 Å². The molecule has 0 aliphatic carbocycles. The van der Waals surface area contributed by atoms with Crippen LogP contribution in [-0.2, 0) is 4.74 Å². The zero-order valence-corrected chi connectivity index (χ0v) is 17.6. The molecule has 5 rings (SSSR count). The fourth-order valence-electron chi connectivity index (χ4n) is 4.25. The predicted octanol–water partition coefficient (Wildman–Crippen LogP) is 3.72. The van der Waals surface area contributed by atoms with Crippen LogP contribution in [0.25, 0.3) is 5.69 Å². The summed E-state index contributed by atoms with van der Waals surface area (Å²) in [5, 5.41) is 3.10. The van der Waals surface area contributed by atoms with Gasteiger partial charge in [0, 0.05) is 33.6 Å². The minimum absolute atomic E-state index is 0. The lowest BCUT2D eigenvalue weighted by molar-refractivity contribution is 0.0493. The molecule has 2 aromatic heterocycles. The average molecular weight is 426 g/mol. The van der Waals surface area contributed by atoms with Crippen LogP contribution in [-0.4, -0.2) is 52.4 Å². The molecule has 1 atom stereocenters. The van der Waals surface area contributed by atoms with Gasteiger partial charge in [-0.05, 0) is 43.9 Å². The second-order valence-corrected chi connectivity index (χ2v) is 8.03. The van der Waals surface area contributed by atoms with Gasteiger partial charge in [-0.15, -0.1) is 0 Å². The molecule has 1 unspecified atom stereocenters. The molecule has 0 spiro atoms. The zero-order chi connectivity index (χ0) is 21.4. The molecule has 0 amide bonds. The van der Waals surface area contributed by atoms with Gasteiger partial charge in [-0.3, -0.25) is 0 Å². The minimum atomic E-state index is -0.361. The number of nitrogens with zero attached hydrogens (tertiary/aromatic N) is 5. The van der Waals surface area contributed by atoms with Gasteiger partial charge in [0.2, 0.25) is 5.95 Å². The Labute approximate surface area is 181 Å². The van der Waals surface area contributed by atoms with E-state index in [1.54, 1.807) is 35.4 Å². The Kier molecular flexibility index (Phi) is 5.19. The van der Waals surface area contributed by atoms with Crippen LogP contribution in [0.1, 0.15) is 20.0 Å². The fraction of sp³-hybridized carbons (Fsp3) is 0.409. The van der Waals surface area contributed by atoms with Gasteiger partial charge in [-0.2, -0.15) is 4.98 Å². The van der Waals surface area contributed by atoms with Crippen molar-refractivity contribution in [2.45, 2.75) is 25.8 Å². The van der Waals surface area contributed by atoms with Crippen LogP contribution < -0.4 is 15.0 Å². The monoisotopic (exact) mass is 426 g/mol. The average Bonchev–Trinajstić information content (AvgIpc) is 3.21. The lowest BCUT2D eigenvalue weighted by Gasteiger charge is -2.40. The number of halogens is 1. The van der Waals surface area contributed by atoms with Gasteiger partial charge in [0.15, 0.2) is 11.6 Å². The second kappa shape index (κ2) is 8.14.